The van der Waals surface area contributed by atoms with Gasteiger partial charge in [-0.1, -0.05) is 11.6 Å². The van der Waals surface area contributed by atoms with Crippen LogP contribution in [0.5, 0.6) is 0 Å². The minimum atomic E-state index is -0.642. The number of halogens is 1. The van der Waals surface area contributed by atoms with E-state index in [2.05, 4.69) is 10.3 Å². The second-order valence-electron chi connectivity index (χ2n) is 5.27. The summed E-state index contributed by atoms with van der Waals surface area (Å²) in [5.74, 6) is -0.0320. The van der Waals surface area contributed by atoms with Gasteiger partial charge in [-0.2, -0.15) is 0 Å². The van der Waals surface area contributed by atoms with Crippen LogP contribution in [0.3, 0.4) is 0 Å². The first-order valence-electron chi connectivity index (χ1n) is 6.51. The van der Waals surface area contributed by atoms with Gasteiger partial charge in [0.1, 0.15) is 0 Å². The van der Waals surface area contributed by atoms with Gasteiger partial charge in [0.15, 0.2) is 0 Å². The summed E-state index contributed by atoms with van der Waals surface area (Å²) in [6.07, 6.45) is 1.87. The molecule has 2 aromatic rings. The Hall–Kier alpha value is -1.52. The number of aromatic nitrogens is 1. The molecular formula is C15H19ClN2O2. The van der Waals surface area contributed by atoms with E-state index in [9.17, 15) is 4.79 Å². The first kappa shape index (κ1) is 14.9. The summed E-state index contributed by atoms with van der Waals surface area (Å²) in [6.45, 7) is 4.81. The van der Waals surface area contributed by atoms with Gasteiger partial charge in [-0.3, -0.25) is 4.79 Å². The number of benzene rings is 1. The summed E-state index contributed by atoms with van der Waals surface area (Å²) in [5, 5.41) is 4.52. The molecule has 0 unspecified atom stereocenters. The van der Waals surface area contributed by atoms with E-state index in [1.165, 1.54) is 0 Å². The van der Waals surface area contributed by atoms with Gasteiger partial charge in [-0.15, -0.1) is 0 Å². The number of methoxy groups -OCH3 is 1. The average Bonchev–Trinajstić information content (AvgIpc) is 2.82. The Labute approximate surface area is 123 Å². The lowest BCUT2D eigenvalue weighted by molar-refractivity contribution is -0.125. The zero-order chi connectivity index (χ0) is 14.8. The van der Waals surface area contributed by atoms with Crippen LogP contribution in [0.25, 0.3) is 10.9 Å². The highest BCUT2D eigenvalue weighted by Gasteiger charge is 2.31. The molecule has 1 aromatic carbocycles. The number of hydrogen-bond acceptors (Lipinski definition) is 2. The van der Waals surface area contributed by atoms with Gasteiger partial charge in [0, 0.05) is 35.8 Å². The molecule has 1 heterocycles. The molecule has 4 nitrogen and oxygen atoms in total. The SMILES string of the molecule is COCCNC(=O)C(C)(C)c1c[nH]c2ccc(Cl)cc12. The molecule has 0 radical (unpaired) electrons. The van der Waals surface area contributed by atoms with Gasteiger partial charge in [0.25, 0.3) is 0 Å². The maximum Gasteiger partial charge on any atom is 0.230 e. The number of hydrogen-bond donors (Lipinski definition) is 2. The van der Waals surface area contributed by atoms with Gasteiger partial charge in [-0.05, 0) is 37.6 Å². The van der Waals surface area contributed by atoms with Crippen LogP contribution >= 0.6 is 11.6 Å². The van der Waals surface area contributed by atoms with E-state index in [4.69, 9.17) is 16.3 Å². The first-order chi connectivity index (χ1) is 9.46. The molecule has 0 atom stereocenters. The Morgan fingerprint density at radius 3 is 2.90 bits per heavy atom. The Kier molecular flexibility index (Phi) is 4.35. The Morgan fingerprint density at radius 2 is 2.20 bits per heavy atom. The molecule has 0 aliphatic carbocycles. The van der Waals surface area contributed by atoms with Gasteiger partial charge in [-0.25, -0.2) is 0 Å². The third kappa shape index (κ3) is 2.81. The largest absolute Gasteiger partial charge is 0.383 e. The van der Waals surface area contributed by atoms with Crippen LogP contribution in [0.15, 0.2) is 24.4 Å². The number of ether oxygens (including phenoxy) is 1. The lowest BCUT2D eigenvalue weighted by Gasteiger charge is -2.23. The first-order valence-corrected chi connectivity index (χ1v) is 6.89. The molecule has 0 aliphatic rings. The number of rotatable bonds is 5. The second kappa shape index (κ2) is 5.85. The predicted molar refractivity (Wildman–Crippen MR) is 81.2 cm³/mol. The molecule has 0 aliphatic heterocycles. The highest BCUT2D eigenvalue weighted by molar-refractivity contribution is 6.31. The average molecular weight is 295 g/mol. The normalized spacial score (nSPS) is 11.8. The fourth-order valence-electron chi connectivity index (χ4n) is 2.22. The van der Waals surface area contributed by atoms with Crippen LogP contribution in [0.4, 0.5) is 0 Å². The van der Waals surface area contributed by atoms with Gasteiger partial charge < -0.3 is 15.0 Å². The molecular weight excluding hydrogens is 276 g/mol. The summed E-state index contributed by atoms with van der Waals surface area (Å²) < 4.78 is 4.94. The van der Waals surface area contributed by atoms with Crippen molar-refractivity contribution in [3.8, 4) is 0 Å². The second-order valence-corrected chi connectivity index (χ2v) is 5.70. The fourth-order valence-corrected chi connectivity index (χ4v) is 2.39. The number of aromatic amines is 1. The van der Waals surface area contributed by atoms with Crippen molar-refractivity contribution in [2.24, 2.45) is 0 Å². The predicted octanol–water partition coefficient (Wildman–Crippen LogP) is 2.86. The van der Waals surface area contributed by atoms with Crippen LogP contribution in [0.2, 0.25) is 5.02 Å². The molecule has 0 bridgehead atoms. The molecule has 0 spiro atoms. The molecule has 108 valence electrons. The van der Waals surface area contributed by atoms with Crippen LogP contribution in [0.1, 0.15) is 19.4 Å². The summed E-state index contributed by atoms with van der Waals surface area (Å²) in [7, 11) is 1.61. The zero-order valence-electron chi connectivity index (χ0n) is 11.9. The van der Waals surface area contributed by atoms with E-state index in [0.717, 1.165) is 16.5 Å². The highest BCUT2D eigenvalue weighted by Crippen LogP contribution is 2.32. The fraction of sp³-hybridized carbons (Fsp3) is 0.400. The van der Waals surface area contributed by atoms with Crippen LogP contribution in [-0.4, -0.2) is 31.2 Å². The quantitative estimate of drug-likeness (QED) is 0.833. The zero-order valence-corrected chi connectivity index (χ0v) is 12.7. The number of amides is 1. The van der Waals surface area contributed by atoms with Crippen molar-refractivity contribution in [2.75, 3.05) is 20.3 Å². The van der Waals surface area contributed by atoms with E-state index in [-0.39, 0.29) is 5.91 Å². The highest BCUT2D eigenvalue weighted by atomic mass is 35.5. The van der Waals surface area contributed by atoms with E-state index >= 15 is 0 Å². The number of nitrogens with one attached hydrogen (secondary N) is 2. The lowest BCUT2D eigenvalue weighted by atomic mass is 9.83. The minimum Gasteiger partial charge on any atom is -0.383 e. The topological polar surface area (TPSA) is 54.1 Å². The molecule has 2 rings (SSSR count). The Morgan fingerprint density at radius 1 is 1.45 bits per heavy atom. The standard InChI is InChI=1S/C15H19ClN2O2/c1-15(2,14(19)17-6-7-20-3)12-9-18-13-5-4-10(16)8-11(12)13/h4-5,8-9,18H,6-7H2,1-3H3,(H,17,19). The van der Waals surface area contributed by atoms with Crippen LogP contribution in [-0.2, 0) is 14.9 Å². The van der Waals surface area contributed by atoms with Crippen molar-refractivity contribution in [1.82, 2.24) is 10.3 Å². The summed E-state index contributed by atoms with van der Waals surface area (Å²) >= 11 is 6.05. The third-order valence-electron chi connectivity index (χ3n) is 3.48. The van der Waals surface area contributed by atoms with Gasteiger partial charge >= 0.3 is 0 Å². The van der Waals surface area contributed by atoms with Crippen LogP contribution in [0, 0.1) is 0 Å². The molecule has 0 saturated heterocycles. The van der Waals surface area contributed by atoms with E-state index in [1.54, 1.807) is 7.11 Å². The summed E-state index contributed by atoms with van der Waals surface area (Å²) in [6, 6.07) is 5.63. The minimum absolute atomic E-state index is 0.0320. The van der Waals surface area contributed by atoms with Gasteiger partial charge in [0.2, 0.25) is 5.91 Å². The number of carbonyl (C=O) groups is 1. The van der Waals surface area contributed by atoms with E-state index in [0.29, 0.717) is 18.2 Å². The molecule has 2 N–H and O–H groups in total. The number of H-pyrrole nitrogens is 1. The summed E-state index contributed by atoms with van der Waals surface area (Å²) in [5.41, 5.74) is 1.27. The summed E-state index contributed by atoms with van der Waals surface area (Å²) in [4.78, 5) is 15.5. The Balaban J connectivity index is 2.31. The number of fused-ring (bicyclic) bond motifs is 1. The van der Waals surface area contributed by atoms with E-state index < -0.39 is 5.41 Å². The van der Waals surface area contributed by atoms with Crippen molar-refractivity contribution in [1.29, 1.82) is 0 Å². The molecule has 1 amide bonds. The number of carbonyl (C=O) groups excluding carboxylic acids is 1. The molecule has 5 heteroatoms. The smallest absolute Gasteiger partial charge is 0.230 e. The van der Waals surface area contributed by atoms with Crippen molar-refractivity contribution in [3.05, 3.63) is 35.0 Å². The maximum absolute atomic E-state index is 12.4. The van der Waals surface area contributed by atoms with E-state index in [1.807, 2.05) is 38.2 Å². The molecule has 20 heavy (non-hydrogen) atoms. The van der Waals surface area contributed by atoms with Crippen molar-refractivity contribution in [2.45, 2.75) is 19.3 Å². The molecule has 1 aromatic heterocycles. The third-order valence-corrected chi connectivity index (χ3v) is 3.71. The molecule has 0 fully saturated rings. The van der Waals surface area contributed by atoms with Crippen molar-refractivity contribution in [3.63, 3.8) is 0 Å². The van der Waals surface area contributed by atoms with Gasteiger partial charge in [0.05, 0.1) is 12.0 Å². The van der Waals surface area contributed by atoms with Crippen LogP contribution < -0.4 is 5.32 Å². The monoisotopic (exact) mass is 294 g/mol. The Bertz CT molecular complexity index is 619. The molecule has 0 saturated carbocycles. The van der Waals surface area contributed by atoms with Crippen molar-refractivity contribution >= 4 is 28.4 Å². The maximum atomic E-state index is 12.4. The lowest BCUT2D eigenvalue weighted by Crippen LogP contribution is -2.41. The van der Waals surface area contributed by atoms with Crippen molar-refractivity contribution < 1.29 is 9.53 Å².